The molecule has 1 rings (SSSR count). The molecule has 4 nitrogen and oxygen atoms in total. The second-order valence-corrected chi connectivity index (χ2v) is 2.74. The van der Waals surface area contributed by atoms with E-state index in [2.05, 4.69) is 6.07 Å². The van der Waals surface area contributed by atoms with Gasteiger partial charge in [0.25, 0.3) is 0 Å². The van der Waals surface area contributed by atoms with Gasteiger partial charge in [0.15, 0.2) is 0 Å². The van der Waals surface area contributed by atoms with Crippen molar-refractivity contribution in [2.75, 3.05) is 27.4 Å². The molecule has 0 N–H and O–H groups in total. The van der Waals surface area contributed by atoms with E-state index >= 15 is 0 Å². The van der Waals surface area contributed by atoms with Crippen LogP contribution in [-0.2, 0) is 14.2 Å². The van der Waals surface area contributed by atoms with E-state index in [1.807, 2.05) is 0 Å². The SMILES string of the molecule is COCCOC(OC)Oc1cc[c]cc1. The second kappa shape index (κ2) is 7.23. The Kier molecular flexibility index (Phi) is 5.77. The zero-order valence-corrected chi connectivity index (χ0v) is 8.93. The molecule has 0 spiro atoms. The fraction of sp³-hybridized carbons (Fsp3) is 0.455. The third-order valence-corrected chi connectivity index (χ3v) is 1.65. The molecule has 0 saturated heterocycles. The van der Waals surface area contributed by atoms with E-state index in [-0.39, 0.29) is 0 Å². The van der Waals surface area contributed by atoms with Crippen molar-refractivity contribution < 1.29 is 18.9 Å². The minimum Gasteiger partial charge on any atom is -0.441 e. The zero-order chi connectivity index (χ0) is 10.9. The number of rotatable bonds is 7. The molecule has 83 valence electrons. The third-order valence-electron chi connectivity index (χ3n) is 1.65. The molecule has 1 unspecified atom stereocenters. The molecule has 0 saturated carbocycles. The predicted molar refractivity (Wildman–Crippen MR) is 54.5 cm³/mol. The van der Waals surface area contributed by atoms with Gasteiger partial charge in [0.05, 0.1) is 13.2 Å². The van der Waals surface area contributed by atoms with Crippen LogP contribution in [0.2, 0.25) is 0 Å². The summed E-state index contributed by atoms with van der Waals surface area (Å²) < 4.78 is 20.5. The van der Waals surface area contributed by atoms with Crippen molar-refractivity contribution in [2.45, 2.75) is 6.48 Å². The van der Waals surface area contributed by atoms with Crippen molar-refractivity contribution in [3.8, 4) is 5.75 Å². The standard InChI is InChI=1S/C11H15O4/c1-12-8-9-14-11(13-2)15-10-6-4-3-5-7-10/h4-7,11H,8-9H2,1-2H3. The highest BCUT2D eigenvalue weighted by Crippen LogP contribution is 2.11. The summed E-state index contributed by atoms with van der Waals surface area (Å²) in [5.74, 6) is 0.679. The summed E-state index contributed by atoms with van der Waals surface area (Å²) in [6.45, 7) is 0.224. The Hall–Kier alpha value is -1.10. The fourth-order valence-corrected chi connectivity index (χ4v) is 0.939. The van der Waals surface area contributed by atoms with Gasteiger partial charge in [0.1, 0.15) is 5.75 Å². The van der Waals surface area contributed by atoms with E-state index < -0.39 is 6.48 Å². The maximum Gasteiger partial charge on any atom is 0.315 e. The Bertz CT molecular complexity index is 250. The number of ether oxygens (including phenoxy) is 4. The van der Waals surface area contributed by atoms with E-state index in [1.165, 1.54) is 7.11 Å². The first kappa shape index (κ1) is 12.0. The quantitative estimate of drug-likeness (QED) is 0.505. The molecular formula is C11H15O4. The highest BCUT2D eigenvalue weighted by atomic mass is 16.8. The zero-order valence-electron chi connectivity index (χ0n) is 8.93. The van der Waals surface area contributed by atoms with Crippen LogP contribution in [0, 0.1) is 6.07 Å². The number of benzene rings is 1. The Morgan fingerprint density at radius 2 is 1.93 bits per heavy atom. The third kappa shape index (κ3) is 4.78. The maximum absolute atomic E-state index is 5.39. The number of methoxy groups -OCH3 is 2. The molecule has 0 aromatic heterocycles. The van der Waals surface area contributed by atoms with E-state index in [0.717, 1.165) is 0 Å². The van der Waals surface area contributed by atoms with E-state index in [0.29, 0.717) is 19.0 Å². The van der Waals surface area contributed by atoms with Gasteiger partial charge in [-0.05, 0) is 18.2 Å². The van der Waals surface area contributed by atoms with Gasteiger partial charge < -0.3 is 18.9 Å². The number of hydrogen-bond donors (Lipinski definition) is 0. The topological polar surface area (TPSA) is 36.9 Å². The molecule has 0 amide bonds. The Balaban J connectivity index is 2.33. The van der Waals surface area contributed by atoms with Crippen LogP contribution in [0.3, 0.4) is 0 Å². The molecule has 1 radical (unpaired) electrons. The average Bonchev–Trinajstić information content (AvgIpc) is 2.29. The summed E-state index contributed by atoms with van der Waals surface area (Å²) in [5, 5.41) is 0. The molecule has 0 fully saturated rings. The lowest BCUT2D eigenvalue weighted by atomic mass is 10.3. The first-order valence-electron chi connectivity index (χ1n) is 4.63. The summed E-state index contributed by atoms with van der Waals surface area (Å²) in [5.41, 5.74) is 0. The smallest absolute Gasteiger partial charge is 0.315 e. The molecule has 15 heavy (non-hydrogen) atoms. The lowest BCUT2D eigenvalue weighted by Gasteiger charge is -2.17. The largest absolute Gasteiger partial charge is 0.441 e. The highest BCUT2D eigenvalue weighted by Gasteiger charge is 2.08. The summed E-state index contributed by atoms with van der Waals surface area (Å²) in [6, 6.07) is 9.98. The van der Waals surface area contributed by atoms with Crippen LogP contribution in [-0.4, -0.2) is 33.9 Å². The maximum atomic E-state index is 5.39. The van der Waals surface area contributed by atoms with Crippen LogP contribution in [0.4, 0.5) is 0 Å². The normalized spacial score (nSPS) is 12.4. The predicted octanol–water partition coefficient (Wildman–Crippen LogP) is 1.46. The van der Waals surface area contributed by atoms with Gasteiger partial charge in [-0.3, -0.25) is 0 Å². The lowest BCUT2D eigenvalue weighted by molar-refractivity contribution is -0.237. The van der Waals surface area contributed by atoms with Gasteiger partial charge in [-0.1, -0.05) is 12.1 Å². The van der Waals surface area contributed by atoms with Gasteiger partial charge in [-0.2, -0.15) is 0 Å². The van der Waals surface area contributed by atoms with E-state index in [1.54, 1.807) is 31.4 Å². The summed E-state index contributed by atoms with van der Waals surface area (Å²) in [4.78, 5) is 0. The van der Waals surface area contributed by atoms with Crippen molar-refractivity contribution in [2.24, 2.45) is 0 Å². The monoisotopic (exact) mass is 211 g/mol. The van der Waals surface area contributed by atoms with Gasteiger partial charge in [-0.25, -0.2) is 0 Å². The molecule has 0 bridgehead atoms. The van der Waals surface area contributed by atoms with Gasteiger partial charge in [0, 0.05) is 14.2 Å². The van der Waals surface area contributed by atoms with Gasteiger partial charge >= 0.3 is 6.48 Å². The average molecular weight is 211 g/mol. The molecule has 1 atom stereocenters. The van der Waals surface area contributed by atoms with Crippen LogP contribution < -0.4 is 4.74 Å². The van der Waals surface area contributed by atoms with E-state index in [9.17, 15) is 0 Å². The Morgan fingerprint density at radius 3 is 2.53 bits per heavy atom. The molecule has 0 aliphatic carbocycles. The number of hydrogen-bond acceptors (Lipinski definition) is 4. The van der Waals surface area contributed by atoms with Crippen molar-refractivity contribution >= 4 is 0 Å². The molecular weight excluding hydrogens is 196 g/mol. The summed E-state index contributed by atoms with van der Waals surface area (Å²) in [7, 11) is 3.13. The highest BCUT2D eigenvalue weighted by molar-refractivity contribution is 5.20. The summed E-state index contributed by atoms with van der Waals surface area (Å²) >= 11 is 0. The summed E-state index contributed by atoms with van der Waals surface area (Å²) in [6.07, 6.45) is 0. The van der Waals surface area contributed by atoms with Crippen LogP contribution in [0.25, 0.3) is 0 Å². The molecule has 0 heterocycles. The second-order valence-electron chi connectivity index (χ2n) is 2.74. The van der Waals surface area contributed by atoms with Crippen LogP contribution in [0.5, 0.6) is 5.75 Å². The van der Waals surface area contributed by atoms with Gasteiger partial charge in [0.2, 0.25) is 0 Å². The van der Waals surface area contributed by atoms with Crippen molar-refractivity contribution in [1.82, 2.24) is 0 Å². The lowest BCUT2D eigenvalue weighted by Crippen LogP contribution is -2.24. The van der Waals surface area contributed by atoms with Gasteiger partial charge in [-0.15, -0.1) is 0 Å². The van der Waals surface area contributed by atoms with Crippen LogP contribution >= 0.6 is 0 Å². The van der Waals surface area contributed by atoms with Crippen molar-refractivity contribution in [3.05, 3.63) is 30.3 Å². The molecule has 0 aliphatic heterocycles. The van der Waals surface area contributed by atoms with E-state index in [4.69, 9.17) is 18.9 Å². The van der Waals surface area contributed by atoms with Crippen molar-refractivity contribution in [3.63, 3.8) is 0 Å². The minimum absolute atomic E-state index is 0.425. The Labute approximate surface area is 89.7 Å². The molecule has 0 aliphatic rings. The van der Waals surface area contributed by atoms with Crippen LogP contribution in [0.1, 0.15) is 0 Å². The minimum atomic E-state index is -0.706. The van der Waals surface area contributed by atoms with Crippen molar-refractivity contribution in [1.29, 1.82) is 0 Å². The van der Waals surface area contributed by atoms with Crippen LogP contribution in [0.15, 0.2) is 24.3 Å². The molecule has 1 aromatic rings. The fourth-order valence-electron chi connectivity index (χ4n) is 0.939. The first-order valence-corrected chi connectivity index (χ1v) is 4.63. The molecule has 4 heteroatoms. The first-order chi connectivity index (χ1) is 7.36. The molecule has 1 aromatic carbocycles. The Morgan fingerprint density at radius 1 is 1.20 bits per heavy atom.